The van der Waals surface area contributed by atoms with Crippen molar-refractivity contribution in [2.24, 2.45) is 5.92 Å². The Labute approximate surface area is 182 Å². The molecule has 1 fully saturated rings. The molecule has 1 aliphatic heterocycles. The van der Waals surface area contributed by atoms with Crippen LogP contribution in [0.1, 0.15) is 58.4 Å². The van der Waals surface area contributed by atoms with E-state index in [2.05, 4.69) is 16.9 Å². The van der Waals surface area contributed by atoms with Crippen molar-refractivity contribution in [2.75, 3.05) is 25.1 Å². The van der Waals surface area contributed by atoms with Crippen LogP contribution in [0.4, 0.5) is 5.69 Å². The minimum atomic E-state index is -0.453. The number of methoxy groups -OCH3 is 1. The number of hydrogen-bond acceptors (Lipinski definition) is 7. The Hall–Kier alpha value is -2.92. The Morgan fingerprint density at radius 1 is 1.39 bits per heavy atom. The van der Waals surface area contributed by atoms with E-state index in [9.17, 15) is 14.9 Å². The molecule has 0 radical (unpaired) electrons. The molecule has 2 aromatic rings. The quantitative estimate of drug-likeness (QED) is 0.675. The van der Waals surface area contributed by atoms with Gasteiger partial charge in [-0.05, 0) is 32.6 Å². The average Bonchev–Trinajstić information content (AvgIpc) is 2.77. The van der Waals surface area contributed by atoms with E-state index in [1.807, 2.05) is 24.8 Å². The molecule has 3 rings (SSSR count). The summed E-state index contributed by atoms with van der Waals surface area (Å²) in [4.78, 5) is 34.0. The molecule has 0 amide bonds. The number of nitrogens with one attached hydrogen (secondary N) is 1. The number of aromatic nitrogens is 2. The molecule has 0 saturated carbocycles. The fourth-order valence-corrected chi connectivity index (χ4v) is 4.08. The number of ether oxygens (including phenoxy) is 2. The van der Waals surface area contributed by atoms with Crippen LogP contribution in [-0.4, -0.2) is 41.7 Å². The highest BCUT2D eigenvalue weighted by Gasteiger charge is 2.32. The van der Waals surface area contributed by atoms with E-state index in [0.29, 0.717) is 36.1 Å². The van der Waals surface area contributed by atoms with Gasteiger partial charge in [0.2, 0.25) is 5.88 Å². The normalized spacial score (nSPS) is 16.7. The van der Waals surface area contributed by atoms with Gasteiger partial charge in [0.15, 0.2) is 0 Å². The van der Waals surface area contributed by atoms with E-state index < -0.39 is 5.56 Å². The number of H-pyrrole nitrogens is 1. The largest absolute Gasteiger partial charge is 0.407 e. The molecule has 1 N–H and O–H groups in total. The Balaban J connectivity index is 2.02. The minimum Gasteiger partial charge on any atom is -0.407 e. The second-order valence-corrected chi connectivity index (χ2v) is 8.31. The second-order valence-electron chi connectivity index (χ2n) is 8.31. The van der Waals surface area contributed by atoms with Gasteiger partial charge in [0.05, 0.1) is 28.9 Å². The predicted molar refractivity (Wildman–Crippen MR) is 118 cm³/mol. The zero-order valence-corrected chi connectivity index (χ0v) is 18.7. The molecule has 1 atom stereocenters. The van der Waals surface area contributed by atoms with Gasteiger partial charge in [0.1, 0.15) is 11.6 Å². The van der Waals surface area contributed by atoms with Crippen molar-refractivity contribution in [2.45, 2.75) is 58.5 Å². The maximum Gasteiger partial charge on any atom is 0.315 e. The standard InChI is InChI=1S/C23H30N4O4/c1-5-7-15(6-2)22(29)31-19-12-16-18(14-25-19)26-21(28)17(13-24)20(16)27-10-8-23(3,30-4)9-11-27/h12,14-15H,5-11H2,1-4H3,(H,26,28). The number of piperidine rings is 1. The van der Waals surface area contributed by atoms with Crippen LogP contribution in [0, 0.1) is 17.2 Å². The van der Waals surface area contributed by atoms with Gasteiger partial charge < -0.3 is 19.4 Å². The van der Waals surface area contributed by atoms with Gasteiger partial charge in [-0.3, -0.25) is 9.59 Å². The summed E-state index contributed by atoms with van der Waals surface area (Å²) in [6, 6.07) is 3.69. The molecule has 0 aliphatic carbocycles. The number of anilines is 1. The van der Waals surface area contributed by atoms with Crippen molar-refractivity contribution in [3.8, 4) is 11.9 Å². The summed E-state index contributed by atoms with van der Waals surface area (Å²) in [6.45, 7) is 7.34. The van der Waals surface area contributed by atoms with E-state index in [1.165, 1.54) is 6.20 Å². The van der Waals surface area contributed by atoms with E-state index >= 15 is 0 Å². The molecule has 3 heterocycles. The molecule has 0 spiro atoms. The molecule has 166 valence electrons. The lowest BCUT2D eigenvalue weighted by atomic mass is 9.92. The molecular weight excluding hydrogens is 396 g/mol. The van der Waals surface area contributed by atoms with Crippen molar-refractivity contribution in [1.29, 1.82) is 5.26 Å². The first-order valence-corrected chi connectivity index (χ1v) is 10.8. The Bertz CT molecular complexity index is 1050. The fourth-order valence-electron chi connectivity index (χ4n) is 4.08. The van der Waals surface area contributed by atoms with Gasteiger partial charge in [0.25, 0.3) is 5.56 Å². The monoisotopic (exact) mass is 426 g/mol. The summed E-state index contributed by atoms with van der Waals surface area (Å²) in [6.07, 6.45) is 5.37. The molecule has 2 aromatic heterocycles. The number of fused-ring (bicyclic) bond motifs is 1. The highest BCUT2D eigenvalue weighted by atomic mass is 16.5. The third-order valence-corrected chi connectivity index (χ3v) is 6.26. The van der Waals surface area contributed by atoms with Gasteiger partial charge in [-0.2, -0.15) is 5.26 Å². The summed E-state index contributed by atoms with van der Waals surface area (Å²) in [5, 5.41) is 10.3. The lowest BCUT2D eigenvalue weighted by Crippen LogP contribution is -2.44. The molecule has 8 nitrogen and oxygen atoms in total. The Morgan fingerprint density at radius 3 is 2.68 bits per heavy atom. The SMILES string of the molecule is CCCC(CC)C(=O)Oc1cc2c(N3CCC(C)(OC)CC3)c(C#N)c(=O)[nH]c2cn1. The number of carbonyl (C=O) groups is 1. The number of esters is 1. The van der Waals surface area contributed by atoms with E-state index in [0.717, 1.165) is 25.7 Å². The van der Waals surface area contributed by atoms with Crippen LogP contribution in [0.3, 0.4) is 0 Å². The fraction of sp³-hybridized carbons (Fsp3) is 0.565. The summed E-state index contributed by atoms with van der Waals surface area (Å²) >= 11 is 0. The average molecular weight is 427 g/mol. The molecule has 0 bridgehead atoms. The molecule has 31 heavy (non-hydrogen) atoms. The van der Waals surface area contributed by atoms with E-state index in [-0.39, 0.29) is 28.9 Å². The first-order chi connectivity index (χ1) is 14.9. The first-order valence-electron chi connectivity index (χ1n) is 10.8. The smallest absolute Gasteiger partial charge is 0.315 e. The number of nitriles is 1. The van der Waals surface area contributed by atoms with Crippen molar-refractivity contribution in [3.05, 3.63) is 28.2 Å². The molecular formula is C23H30N4O4. The number of hydrogen-bond donors (Lipinski definition) is 1. The van der Waals surface area contributed by atoms with E-state index in [1.54, 1.807) is 13.2 Å². The van der Waals surface area contributed by atoms with Crippen LogP contribution < -0.4 is 15.2 Å². The van der Waals surface area contributed by atoms with E-state index in [4.69, 9.17) is 9.47 Å². The summed E-state index contributed by atoms with van der Waals surface area (Å²) < 4.78 is 11.2. The number of rotatable bonds is 7. The topological polar surface area (TPSA) is 108 Å². The zero-order chi connectivity index (χ0) is 22.6. The van der Waals surface area contributed by atoms with Crippen LogP contribution in [0.25, 0.3) is 10.9 Å². The Morgan fingerprint density at radius 2 is 2.10 bits per heavy atom. The first kappa shape index (κ1) is 22.8. The second kappa shape index (κ2) is 9.48. The summed E-state index contributed by atoms with van der Waals surface area (Å²) in [5.41, 5.74) is 0.427. The number of pyridine rings is 2. The van der Waals surface area contributed by atoms with Crippen molar-refractivity contribution in [3.63, 3.8) is 0 Å². The number of carbonyl (C=O) groups excluding carboxylic acids is 1. The van der Waals surface area contributed by atoms with Crippen LogP contribution in [0.5, 0.6) is 5.88 Å². The molecule has 0 aromatic carbocycles. The third kappa shape index (κ3) is 4.72. The van der Waals surface area contributed by atoms with Crippen LogP contribution >= 0.6 is 0 Å². The molecule has 8 heteroatoms. The van der Waals surface area contributed by atoms with Crippen LogP contribution in [-0.2, 0) is 9.53 Å². The maximum absolute atomic E-state index is 12.5. The van der Waals surface area contributed by atoms with Crippen molar-refractivity contribution in [1.82, 2.24) is 9.97 Å². The van der Waals surface area contributed by atoms with Crippen molar-refractivity contribution >= 4 is 22.6 Å². The molecule has 1 aliphatic rings. The lowest BCUT2D eigenvalue weighted by Gasteiger charge is -2.40. The summed E-state index contributed by atoms with van der Waals surface area (Å²) in [7, 11) is 1.70. The molecule has 1 unspecified atom stereocenters. The Kier molecular flexibility index (Phi) is 6.96. The highest BCUT2D eigenvalue weighted by Crippen LogP contribution is 2.34. The van der Waals surface area contributed by atoms with Crippen LogP contribution in [0.15, 0.2) is 17.1 Å². The number of aromatic amines is 1. The summed E-state index contributed by atoms with van der Waals surface area (Å²) in [5.74, 6) is -0.319. The van der Waals surface area contributed by atoms with Gasteiger partial charge in [0, 0.05) is 31.7 Å². The molecule has 1 saturated heterocycles. The maximum atomic E-state index is 12.5. The third-order valence-electron chi connectivity index (χ3n) is 6.26. The van der Waals surface area contributed by atoms with Crippen LogP contribution in [0.2, 0.25) is 0 Å². The van der Waals surface area contributed by atoms with Gasteiger partial charge in [-0.25, -0.2) is 4.98 Å². The lowest BCUT2D eigenvalue weighted by molar-refractivity contribution is -0.139. The van der Waals surface area contributed by atoms with Gasteiger partial charge in [-0.1, -0.05) is 20.3 Å². The van der Waals surface area contributed by atoms with Gasteiger partial charge >= 0.3 is 5.97 Å². The zero-order valence-electron chi connectivity index (χ0n) is 18.7. The van der Waals surface area contributed by atoms with Crippen molar-refractivity contribution < 1.29 is 14.3 Å². The minimum absolute atomic E-state index is 0.0504. The number of nitrogens with zero attached hydrogens (tertiary/aromatic N) is 3. The predicted octanol–water partition coefficient (Wildman–Crippen LogP) is 3.53. The van der Waals surface area contributed by atoms with Gasteiger partial charge in [-0.15, -0.1) is 0 Å². The highest BCUT2D eigenvalue weighted by molar-refractivity contribution is 5.95.